The molecule has 1 aromatic heterocycles. The highest BCUT2D eigenvalue weighted by atomic mass is 32.2. The zero-order chi connectivity index (χ0) is 16.7. The number of fused-ring (bicyclic) bond motifs is 1. The van der Waals surface area contributed by atoms with Crippen LogP contribution in [0, 0.1) is 0 Å². The molecule has 1 heterocycles. The Labute approximate surface area is 130 Å². The molecule has 0 fully saturated rings. The van der Waals surface area contributed by atoms with E-state index in [1.807, 2.05) is 24.3 Å². The van der Waals surface area contributed by atoms with E-state index >= 15 is 0 Å². The molecule has 0 spiro atoms. The summed E-state index contributed by atoms with van der Waals surface area (Å²) in [7, 11) is -3.59. The first-order valence-electron chi connectivity index (χ1n) is 6.89. The molecule has 0 bridgehead atoms. The molecule has 0 atom stereocenters. The zero-order valence-electron chi connectivity index (χ0n) is 11.9. The maximum absolute atomic E-state index is 12.4. The standard InChI is InChI=1S/C14H13F3N2O3S/c15-14(16,17)7-12-18-13(22-19-12)8-23(20,21)11-5-9-3-1-2-4-10(9)6-11/h1-4,11H,5-8H2. The minimum absolute atomic E-state index is 0.305. The normalized spacial score (nSPS) is 15.8. The first-order chi connectivity index (χ1) is 10.7. The van der Waals surface area contributed by atoms with Crippen LogP contribution in [-0.2, 0) is 34.9 Å². The van der Waals surface area contributed by atoms with Crippen LogP contribution in [0.15, 0.2) is 28.8 Å². The molecule has 5 nitrogen and oxygen atoms in total. The third-order valence-corrected chi connectivity index (χ3v) is 5.71. The van der Waals surface area contributed by atoms with Gasteiger partial charge in [-0.15, -0.1) is 0 Å². The van der Waals surface area contributed by atoms with E-state index < -0.39 is 39.3 Å². The molecular weight excluding hydrogens is 333 g/mol. The summed E-state index contributed by atoms with van der Waals surface area (Å²) in [6.07, 6.45) is -5.03. The van der Waals surface area contributed by atoms with Gasteiger partial charge in [-0.25, -0.2) is 8.42 Å². The van der Waals surface area contributed by atoms with E-state index in [0.29, 0.717) is 12.8 Å². The van der Waals surface area contributed by atoms with Crippen LogP contribution >= 0.6 is 0 Å². The molecule has 0 unspecified atom stereocenters. The first-order valence-corrected chi connectivity index (χ1v) is 8.61. The van der Waals surface area contributed by atoms with Gasteiger partial charge in [-0.05, 0) is 24.0 Å². The molecule has 0 aliphatic heterocycles. The van der Waals surface area contributed by atoms with Crippen molar-refractivity contribution in [3.05, 3.63) is 47.1 Å². The molecule has 0 amide bonds. The number of rotatable bonds is 4. The average molecular weight is 346 g/mol. The highest BCUT2D eigenvalue weighted by Crippen LogP contribution is 2.28. The van der Waals surface area contributed by atoms with Crippen molar-refractivity contribution in [2.45, 2.75) is 36.4 Å². The first kappa shape index (κ1) is 16.0. The van der Waals surface area contributed by atoms with E-state index in [4.69, 9.17) is 0 Å². The van der Waals surface area contributed by atoms with Crippen molar-refractivity contribution in [2.24, 2.45) is 0 Å². The summed E-state index contributed by atoms with van der Waals surface area (Å²) < 4.78 is 66.2. The molecule has 1 aliphatic rings. The largest absolute Gasteiger partial charge is 0.396 e. The number of halogens is 3. The third-order valence-electron chi connectivity index (χ3n) is 3.71. The second-order valence-electron chi connectivity index (χ2n) is 5.50. The lowest BCUT2D eigenvalue weighted by Gasteiger charge is -2.08. The van der Waals surface area contributed by atoms with Gasteiger partial charge in [0, 0.05) is 0 Å². The summed E-state index contributed by atoms with van der Waals surface area (Å²) in [6, 6.07) is 7.43. The quantitative estimate of drug-likeness (QED) is 0.849. The number of sulfone groups is 1. The average Bonchev–Trinajstić information content (AvgIpc) is 3.03. The number of hydrogen-bond acceptors (Lipinski definition) is 5. The predicted molar refractivity (Wildman–Crippen MR) is 74.3 cm³/mol. The summed E-state index contributed by atoms with van der Waals surface area (Å²) in [5.41, 5.74) is 1.95. The highest BCUT2D eigenvalue weighted by Gasteiger charge is 2.34. The van der Waals surface area contributed by atoms with Crippen molar-refractivity contribution >= 4 is 9.84 Å². The van der Waals surface area contributed by atoms with Gasteiger partial charge in [-0.2, -0.15) is 18.2 Å². The van der Waals surface area contributed by atoms with Crippen LogP contribution in [0.4, 0.5) is 13.2 Å². The molecule has 1 aliphatic carbocycles. The summed E-state index contributed by atoms with van der Waals surface area (Å²) >= 11 is 0. The van der Waals surface area contributed by atoms with Crippen LogP contribution in [-0.4, -0.2) is 30.0 Å². The van der Waals surface area contributed by atoms with Crippen molar-refractivity contribution in [1.29, 1.82) is 0 Å². The van der Waals surface area contributed by atoms with Gasteiger partial charge in [0.1, 0.15) is 12.2 Å². The topological polar surface area (TPSA) is 73.1 Å². The van der Waals surface area contributed by atoms with Crippen molar-refractivity contribution in [3.63, 3.8) is 0 Å². The van der Waals surface area contributed by atoms with Crippen molar-refractivity contribution < 1.29 is 26.1 Å². The molecule has 0 radical (unpaired) electrons. The molecular formula is C14H13F3N2O3S. The predicted octanol–water partition coefficient (Wildman–Crippen LogP) is 2.26. The summed E-state index contributed by atoms with van der Waals surface area (Å²) in [6.45, 7) is 0. The Morgan fingerprint density at radius 3 is 2.35 bits per heavy atom. The van der Waals surface area contributed by atoms with Gasteiger partial charge in [0.15, 0.2) is 15.7 Å². The van der Waals surface area contributed by atoms with E-state index in [9.17, 15) is 21.6 Å². The van der Waals surface area contributed by atoms with Gasteiger partial charge in [-0.3, -0.25) is 0 Å². The fraction of sp³-hybridized carbons (Fsp3) is 0.429. The van der Waals surface area contributed by atoms with Gasteiger partial charge in [0.25, 0.3) is 0 Å². The maximum Gasteiger partial charge on any atom is 0.396 e. The van der Waals surface area contributed by atoms with E-state index in [1.165, 1.54) is 0 Å². The number of aromatic nitrogens is 2. The van der Waals surface area contributed by atoms with Gasteiger partial charge in [-0.1, -0.05) is 29.4 Å². The highest BCUT2D eigenvalue weighted by molar-refractivity contribution is 7.91. The number of benzene rings is 1. The Hall–Kier alpha value is -1.90. The van der Waals surface area contributed by atoms with Crippen LogP contribution in [0.25, 0.3) is 0 Å². The lowest BCUT2D eigenvalue weighted by atomic mass is 10.1. The Morgan fingerprint density at radius 2 is 1.78 bits per heavy atom. The van der Waals surface area contributed by atoms with Crippen molar-refractivity contribution in [2.75, 3.05) is 0 Å². The molecule has 3 rings (SSSR count). The lowest BCUT2D eigenvalue weighted by molar-refractivity contribution is -0.128. The monoisotopic (exact) mass is 346 g/mol. The summed E-state index contributed by atoms with van der Waals surface area (Å²) in [5, 5.41) is 2.57. The zero-order valence-corrected chi connectivity index (χ0v) is 12.7. The van der Waals surface area contributed by atoms with Crippen LogP contribution in [0.3, 0.4) is 0 Å². The van der Waals surface area contributed by atoms with E-state index in [2.05, 4.69) is 14.7 Å². The van der Waals surface area contributed by atoms with E-state index in [1.54, 1.807) is 0 Å². The van der Waals surface area contributed by atoms with Crippen molar-refractivity contribution in [3.8, 4) is 0 Å². The molecule has 1 aromatic carbocycles. The number of alkyl halides is 3. The second-order valence-corrected chi connectivity index (χ2v) is 7.78. The van der Waals surface area contributed by atoms with E-state index in [-0.39, 0.29) is 5.89 Å². The molecule has 0 saturated heterocycles. The molecule has 124 valence electrons. The molecule has 0 N–H and O–H groups in total. The number of hydrogen-bond donors (Lipinski definition) is 0. The van der Waals surface area contributed by atoms with Gasteiger partial charge >= 0.3 is 6.18 Å². The van der Waals surface area contributed by atoms with Gasteiger partial charge < -0.3 is 4.52 Å². The molecule has 0 saturated carbocycles. The third kappa shape index (κ3) is 3.72. The SMILES string of the molecule is O=S(=O)(Cc1nc(CC(F)(F)F)no1)C1Cc2ccccc2C1. The maximum atomic E-state index is 12.4. The lowest BCUT2D eigenvalue weighted by Crippen LogP contribution is -2.23. The van der Waals surface area contributed by atoms with Crippen LogP contribution in [0.5, 0.6) is 0 Å². The second kappa shape index (κ2) is 5.63. The van der Waals surface area contributed by atoms with Gasteiger partial charge in [0.05, 0.1) is 5.25 Å². The Morgan fingerprint density at radius 1 is 1.17 bits per heavy atom. The summed E-state index contributed by atoms with van der Waals surface area (Å²) in [5.74, 6) is -1.41. The fourth-order valence-corrected chi connectivity index (χ4v) is 4.23. The smallest absolute Gasteiger partial charge is 0.338 e. The molecule has 9 heteroatoms. The summed E-state index contributed by atoms with van der Waals surface area (Å²) in [4.78, 5) is 3.52. The van der Waals surface area contributed by atoms with Crippen molar-refractivity contribution in [1.82, 2.24) is 10.1 Å². The van der Waals surface area contributed by atoms with Crippen LogP contribution < -0.4 is 0 Å². The number of nitrogens with zero attached hydrogens (tertiary/aromatic N) is 2. The van der Waals surface area contributed by atoms with E-state index in [0.717, 1.165) is 11.1 Å². The fourth-order valence-electron chi connectivity index (χ4n) is 2.66. The Balaban J connectivity index is 1.71. The Bertz CT molecular complexity index is 790. The van der Waals surface area contributed by atoms with Gasteiger partial charge in [0.2, 0.25) is 5.89 Å². The Kier molecular flexibility index (Phi) is 3.91. The minimum Gasteiger partial charge on any atom is -0.338 e. The van der Waals surface area contributed by atoms with Crippen LogP contribution in [0.1, 0.15) is 22.8 Å². The minimum atomic E-state index is -4.47. The van der Waals surface area contributed by atoms with Crippen LogP contribution in [0.2, 0.25) is 0 Å². The molecule has 23 heavy (non-hydrogen) atoms. The molecule has 2 aromatic rings.